The summed E-state index contributed by atoms with van der Waals surface area (Å²) in [5.74, 6) is -0.707. The van der Waals surface area contributed by atoms with E-state index in [0.717, 1.165) is 5.56 Å². The molecular weight excluding hydrogens is 261 g/mol. The second kappa shape index (κ2) is 3.04. The summed E-state index contributed by atoms with van der Waals surface area (Å²) in [6.45, 7) is 3.81. The molecule has 0 aliphatic carbocycles. The van der Waals surface area contributed by atoms with Crippen LogP contribution in [0.25, 0.3) is 0 Å². The van der Waals surface area contributed by atoms with Gasteiger partial charge in [0.2, 0.25) is 0 Å². The zero-order valence-corrected chi connectivity index (χ0v) is 10.4. The maximum Gasteiger partial charge on any atom is 0.257 e. The lowest BCUT2D eigenvalue weighted by atomic mass is 9.94. The second-order valence-electron chi connectivity index (χ2n) is 4.23. The van der Waals surface area contributed by atoms with Crippen LogP contribution in [0, 0.1) is 5.82 Å². The van der Waals surface area contributed by atoms with E-state index in [1.54, 1.807) is 18.0 Å². The second-order valence-corrected chi connectivity index (χ2v) is 5.15. The quantitative estimate of drug-likeness (QED) is 0.711. The molecule has 0 N–H and O–H groups in total. The highest BCUT2D eigenvalue weighted by Gasteiger charge is 2.42. The maximum atomic E-state index is 13.6. The number of carbonyl (C=O) groups is 1. The van der Waals surface area contributed by atoms with Gasteiger partial charge in [-0.15, -0.1) is 0 Å². The Bertz CT molecular complexity index is 456. The van der Waals surface area contributed by atoms with E-state index in [9.17, 15) is 9.18 Å². The van der Waals surface area contributed by atoms with Gasteiger partial charge in [-0.25, -0.2) is 4.39 Å². The lowest BCUT2D eigenvalue weighted by Crippen LogP contribution is -2.35. The van der Waals surface area contributed by atoms with Crippen LogP contribution in [0.2, 0.25) is 0 Å². The van der Waals surface area contributed by atoms with E-state index in [4.69, 9.17) is 0 Å². The summed E-state index contributed by atoms with van der Waals surface area (Å²) in [7, 11) is 1.69. The average molecular weight is 272 g/mol. The minimum absolute atomic E-state index is 0.200. The van der Waals surface area contributed by atoms with Crippen LogP contribution in [0.3, 0.4) is 0 Å². The molecule has 0 fully saturated rings. The van der Waals surface area contributed by atoms with Gasteiger partial charge < -0.3 is 4.90 Å². The molecular formula is C11H11BrFNO. The zero-order valence-electron chi connectivity index (χ0n) is 8.77. The van der Waals surface area contributed by atoms with Crippen molar-refractivity contribution in [1.29, 1.82) is 0 Å². The molecule has 15 heavy (non-hydrogen) atoms. The Kier molecular flexibility index (Phi) is 2.15. The predicted molar refractivity (Wildman–Crippen MR) is 59.2 cm³/mol. The fourth-order valence-electron chi connectivity index (χ4n) is 1.88. The van der Waals surface area contributed by atoms with Crippen molar-refractivity contribution in [2.45, 2.75) is 19.4 Å². The first-order valence-corrected chi connectivity index (χ1v) is 5.42. The predicted octanol–water partition coefficient (Wildman–Crippen LogP) is 2.91. The van der Waals surface area contributed by atoms with Gasteiger partial charge in [-0.1, -0.05) is 15.9 Å². The van der Waals surface area contributed by atoms with Gasteiger partial charge in [0.15, 0.2) is 0 Å². The number of rotatable bonds is 0. The fourth-order valence-corrected chi connectivity index (χ4v) is 2.31. The van der Waals surface area contributed by atoms with Crippen molar-refractivity contribution in [3.63, 3.8) is 0 Å². The molecule has 1 aromatic rings. The summed E-state index contributed by atoms with van der Waals surface area (Å²) in [6, 6.07) is 3.13. The Labute approximate surface area is 96.2 Å². The van der Waals surface area contributed by atoms with Crippen molar-refractivity contribution >= 4 is 21.8 Å². The summed E-state index contributed by atoms with van der Waals surface area (Å²) in [4.78, 5) is 13.4. The van der Waals surface area contributed by atoms with Crippen molar-refractivity contribution in [2.75, 3.05) is 7.05 Å². The first-order chi connectivity index (χ1) is 6.85. The van der Waals surface area contributed by atoms with Gasteiger partial charge in [0.1, 0.15) is 5.82 Å². The van der Waals surface area contributed by atoms with E-state index < -0.39 is 11.4 Å². The first kappa shape index (κ1) is 10.6. The van der Waals surface area contributed by atoms with Gasteiger partial charge in [-0.2, -0.15) is 0 Å². The van der Waals surface area contributed by atoms with E-state index in [1.807, 2.05) is 13.8 Å². The Morgan fingerprint density at radius 3 is 2.60 bits per heavy atom. The van der Waals surface area contributed by atoms with Crippen LogP contribution in [-0.4, -0.2) is 17.9 Å². The van der Waals surface area contributed by atoms with E-state index in [-0.39, 0.29) is 11.5 Å². The minimum Gasteiger partial charge on any atom is -0.332 e. The molecule has 0 saturated carbocycles. The van der Waals surface area contributed by atoms with Crippen LogP contribution in [0.1, 0.15) is 29.8 Å². The van der Waals surface area contributed by atoms with Crippen LogP contribution in [-0.2, 0) is 5.54 Å². The lowest BCUT2D eigenvalue weighted by molar-refractivity contribution is 0.0689. The highest BCUT2D eigenvalue weighted by Crippen LogP contribution is 2.39. The topological polar surface area (TPSA) is 20.3 Å². The molecule has 0 aromatic heterocycles. The highest BCUT2D eigenvalue weighted by molar-refractivity contribution is 9.10. The summed E-state index contributed by atoms with van der Waals surface area (Å²) in [6.07, 6.45) is 0. The maximum absolute atomic E-state index is 13.6. The van der Waals surface area contributed by atoms with Crippen LogP contribution < -0.4 is 0 Å². The number of benzene rings is 1. The van der Waals surface area contributed by atoms with Crippen LogP contribution in [0.5, 0.6) is 0 Å². The standard InChI is InChI=1S/C11H11BrFNO/c1-11(2)7-4-6(12)5-8(13)9(7)10(15)14(11)3/h4-5H,1-3H3. The monoisotopic (exact) mass is 271 g/mol. The number of nitrogens with zero attached hydrogens (tertiary/aromatic N) is 1. The summed E-state index contributed by atoms with van der Waals surface area (Å²) < 4.78 is 14.3. The molecule has 1 aliphatic rings. The lowest BCUT2D eigenvalue weighted by Gasteiger charge is -2.28. The van der Waals surface area contributed by atoms with E-state index in [2.05, 4.69) is 15.9 Å². The third-order valence-electron chi connectivity index (χ3n) is 3.07. The number of amides is 1. The normalized spacial score (nSPS) is 18.2. The smallest absolute Gasteiger partial charge is 0.257 e. The largest absolute Gasteiger partial charge is 0.332 e. The molecule has 0 spiro atoms. The molecule has 1 aromatic carbocycles. The Morgan fingerprint density at radius 2 is 2.00 bits per heavy atom. The van der Waals surface area contributed by atoms with Crippen LogP contribution in [0.15, 0.2) is 16.6 Å². The molecule has 0 bridgehead atoms. The van der Waals surface area contributed by atoms with E-state index in [1.165, 1.54) is 6.07 Å². The van der Waals surface area contributed by atoms with Gasteiger partial charge in [-0.05, 0) is 31.5 Å². The molecule has 0 unspecified atom stereocenters. The third kappa shape index (κ3) is 1.31. The molecule has 2 nitrogen and oxygen atoms in total. The molecule has 1 heterocycles. The van der Waals surface area contributed by atoms with Crippen molar-refractivity contribution in [3.8, 4) is 0 Å². The highest BCUT2D eigenvalue weighted by atomic mass is 79.9. The molecule has 4 heteroatoms. The van der Waals surface area contributed by atoms with Crippen LogP contribution >= 0.6 is 15.9 Å². The average Bonchev–Trinajstić information content (AvgIpc) is 2.28. The molecule has 80 valence electrons. The molecule has 0 radical (unpaired) electrons. The van der Waals surface area contributed by atoms with E-state index in [0.29, 0.717) is 4.47 Å². The van der Waals surface area contributed by atoms with Gasteiger partial charge in [0.25, 0.3) is 5.91 Å². The first-order valence-electron chi connectivity index (χ1n) is 4.63. The van der Waals surface area contributed by atoms with Crippen molar-refractivity contribution in [1.82, 2.24) is 4.90 Å². The zero-order chi connectivity index (χ0) is 11.4. The number of hydrogen-bond donors (Lipinski definition) is 0. The molecule has 1 amide bonds. The molecule has 1 aliphatic heterocycles. The minimum atomic E-state index is -0.457. The number of carbonyl (C=O) groups excluding carboxylic acids is 1. The van der Waals surface area contributed by atoms with Gasteiger partial charge in [-0.3, -0.25) is 4.79 Å². The number of halogens is 2. The van der Waals surface area contributed by atoms with Crippen molar-refractivity contribution < 1.29 is 9.18 Å². The molecule has 0 atom stereocenters. The van der Waals surface area contributed by atoms with Gasteiger partial charge in [0, 0.05) is 11.5 Å². The van der Waals surface area contributed by atoms with Crippen molar-refractivity contribution in [2.24, 2.45) is 0 Å². The van der Waals surface area contributed by atoms with E-state index >= 15 is 0 Å². The van der Waals surface area contributed by atoms with Gasteiger partial charge >= 0.3 is 0 Å². The number of hydrogen-bond acceptors (Lipinski definition) is 1. The third-order valence-corrected chi connectivity index (χ3v) is 3.53. The summed E-state index contributed by atoms with van der Waals surface area (Å²) in [5.41, 5.74) is 0.490. The van der Waals surface area contributed by atoms with Crippen molar-refractivity contribution in [3.05, 3.63) is 33.5 Å². The Hall–Kier alpha value is -0.900. The summed E-state index contributed by atoms with van der Waals surface area (Å²) in [5, 5.41) is 0. The molecule has 2 rings (SSSR count). The number of fused-ring (bicyclic) bond motifs is 1. The fraction of sp³-hybridized carbons (Fsp3) is 0.364. The Balaban J connectivity index is 2.77. The Morgan fingerprint density at radius 1 is 1.40 bits per heavy atom. The molecule has 0 saturated heterocycles. The van der Waals surface area contributed by atoms with Crippen LogP contribution in [0.4, 0.5) is 4.39 Å². The summed E-state index contributed by atoms with van der Waals surface area (Å²) >= 11 is 3.24. The van der Waals surface area contributed by atoms with Gasteiger partial charge in [0.05, 0.1) is 11.1 Å². The SMILES string of the molecule is CN1C(=O)c2c(F)cc(Br)cc2C1(C)C.